The molecule has 0 radical (unpaired) electrons. The molecule has 7 unspecified atom stereocenters. The molecule has 0 heterocycles. The molecule has 156 valence electrons. The van der Waals surface area contributed by atoms with Gasteiger partial charge in [-0.3, -0.25) is 14.4 Å². The monoisotopic (exact) mass is 388 g/mol. The van der Waals surface area contributed by atoms with Crippen molar-refractivity contribution in [2.45, 2.75) is 84.5 Å². The van der Waals surface area contributed by atoms with Crippen LogP contribution in [0.1, 0.15) is 84.5 Å². The zero-order chi connectivity index (χ0) is 20.1. The minimum absolute atomic E-state index is 0.114. The van der Waals surface area contributed by atoms with E-state index >= 15 is 0 Å². The minimum Gasteiger partial charge on any atom is -0.469 e. The summed E-state index contributed by atoms with van der Waals surface area (Å²) in [5.41, 5.74) is 0.414. The van der Waals surface area contributed by atoms with E-state index < -0.39 is 0 Å². The highest BCUT2D eigenvalue weighted by Crippen LogP contribution is 2.66. The number of hydrogen-bond acceptors (Lipinski definition) is 4. The molecule has 0 saturated heterocycles. The minimum atomic E-state index is -0.114. The van der Waals surface area contributed by atoms with E-state index in [0.29, 0.717) is 55.0 Å². The molecule has 0 aromatic rings. The Morgan fingerprint density at radius 2 is 1.79 bits per heavy atom. The number of hydrogen-bond donors (Lipinski definition) is 0. The van der Waals surface area contributed by atoms with Gasteiger partial charge in [0.25, 0.3) is 0 Å². The van der Waals surface area contributed by atoms with Crippen molar-refractivity contribution in [1.29, 1.82) is 0 Å². The fourth-order valence-electron chi connectivity index (χ4n) is 7.90. The first-order valence-electron chi connectivity index (χ1n) is 11.4. The van der Waals surface area contributed by atoms with E-state index in [4.69, 9.17) is 4.74 Å². The molecule has 0 aliphatic heterocycles. The molecule has 0 spiro atoms. The van der Waals surface area contributed by atoms with Gasteiger partial charge in [-0.1, -0.05) is 13.8 Å². The summed E-state index contributed by atoms with van der Waals surface area (Å²) in [6.07, 6.45) is 10.1. The molecule has 4 fully saturated rings. The second-order valence-corrected chi connectivity index (χ2v) is 10.6. The lowest BCUT2D eigenvalue weighted by atomic mass is 9.44. The Morgan fingerprint density at radius 1 is 1.04 bits per heavy atom. The Morgan fingerprint density at radius 3 is 2.54 bits per heavy atom. The predicted molar refractivity (Wildman–Crippen MR) is 106 cm³/mol. The van der Waals surface area contributed by atoms with Crippen molar-refractivity contribution in [2.24, 2.45) is 40.4 Å². The van der Waals surface area contributed by atoms with Crippen LogP contribution in [0.25, 0.3) is 0 Å². The van der Waals surface area contributed by atoms with Gasteiger partial charge >= 0.3 is 5.97 Å². The summed E-state index contributed by atoms with van der Waals surface area (Å²) in [6, 6.07) is 0. The molecule has 4 aliphatic carbocycles. The van der Waals surface area contributed by atoms with Crippen LogP contribution in [-0.2, 0) is 19.1 Å². The summed E-state index contributed by atoms with van der Waals surface area (Å²) >= 11 is 0. The van der Waals surface area contributed by atoms with E-state index in [9.17, 15) is 14.4 Å². The normalized spacial score (nSPS) is 45.2. The predicted octanol–water partition coefficient (Wildman–Crippen LogP) is 4.74. The highest BCUT2D eigenvalue weighted by molar-refractivity contribution is 5.86. The molecule has 7 atom stereocenters. The molecule has 4 rings (SSSR count). The summed E-state index contributed by atoms with van der Waals surface area (Å²) in [7, 11) is 1.46. The van der Waals surface area contributed by atoms with E-state index in [0.717, 1.165) is 32.1 Å². The van der Waals surface area contributed by atoms with Gasteiger partial charge in [0.1, 0.15) is 11.6 Å². The highest BCUT2D eigenvalue weighted by atomic mass is 16.5. The maximum absolute atomic E-state index is 13.3. The summed E-state index contributed by atoms with van der Waals surface area (Å²) in [5, 5.41) is 0. The van der Waals surface area contributed by atoms with E-state index in [-0.39, 0.29) is 28.6 Å². The van der Waals surface area contributed by atoms with Crippen LogP contribution in [0.2, 0.25) is 0 Å². The average molecular weight is 389 g/mol. The second kappa shape index (κ2) is 7.25. The summed E-state index contributed by atoms with van der Waals surface area (Å²) < 4.78 is 4.79. The van der Waals surface area contributed by atoms with Crippen LogP contribution in [0.5, 0.6) is 0 Å². The second-order valence-electron chi connectivity index (χ2n) is 10.6. The lowest BCUT2D eigenvalue weighted by molar-refractivity contribution is -0.158. The van der Waals surface area contributed by atoms with Crippen molar-refractivity contribution >= 4 is 17.5 Å². The SMILES string of the molecule is COC(=O)CCCC1CCC2C3C(=O)CC4CC(=O)CCC4(C)C3CCC12C. The third-order valence-electron chi connectivity index (χ3n) is 9.64. The Hall–Kier alpha value is -1.19. The molecule has 28 heavy (non-hydrogen) atoms. The van der Waals surface area contributed by atoms with Gasteiger partial charge in [0.15, 0.2) is 0 Å². The standard InChI is InChI=1S/C24H36O4/c1-23-12-10-19-22(18(23)8-7-15(23)5-4-6-21(27)28-3)20(26)14-16-13-17(25)9-11-24(16,19)2/h15-16,18-19,22H,4-14H2,1-3H3. The molecule has 4 heteroatoms. The molecule has 0 amide bonds. The third kappa shape index (κ3) is 3.06. The van der Waals surface area contributed by atoms with E-state index in [1.54, 1.807) is 0 Å². The maximum Gasteiger partial charge on any atom is 0.305 e. The molecule has 0 aromatic carbocycles. The molecule has 0 N–H and O–H groups in total. The fourth-order valence-corrected chi connectivity index (χ4v) is 7.90. The van der Waals surface area contributed by atoms with Gasteiger partial charge in [0.2, 0.25) is 0 Å². The molecule has 4 nitrogen and oxygen atoms in total. The Kier molecular flexibility index (Phi) is 5.20. The first-order valence-corrected chi connectivity index (χ1v) is 11.4. The number of carbonyl (C=O) groups excluding carboxylic acids is 3. The van der Waals surface area contributed by atoms with Gasteiger partial charge in [0, 0.05) is 31.6 Å². The van der Waals surface area contributed by atoms with Crippen molar-refractivity contribution in [2.75, 3.05) is 7.11 Å². The van der Waals surface area contributed by atoms with Crippen molar-refractivity contribution in [3.05, 3.63) is 0 Å². The third-order valence-corrected chi connectivity index (χ3v) is 9.64. The smallest absolute Gasteiger partial charge is 0.305 e. The number of fused-ring (bicyclic) bond motifs is 5. The summed E-state index contributed by atoms with van der Waals surface area (Å²) in [4.78, 5) is 36.8. The van der Waals surface area contributed by atoms with Crippen LogP contribution in [0.3, 0.4) is 0 Å². The van der Waals surface area contributed by atoms with Gasteiger partial charge in [-0.2, -0.15) is 0 Å². The summed E-state index contributed by atoms with van der Waals surface area (Å²) in [5.74, 6) is 2.78. The number of ether oxygens (including phenoxy) is 1. The quantitative estimate of drug-likeness (QED) is 0.653. The number of rotatable bonds is 4. The molecule has 0 bridgehead atoms. The highest BCUT2D eigenvalue weighted by Gasteiger charge is 2.62. The van der Waals surface area contributed by atoms with E-state index in [1.165, 1.54) is 20.0 Å². The Labute approximate surface area is 169 Å². The molecular weight excluding hydrogens is 352 g/mol. The van der Waals surface area contributed by atoms with Crippen LogP contribution >= 0.6 is 0 Å². The van der Waals surface area contributed by atoms with Crippen LogP contribution < -0.4 is 0 Å². The molecule has 4 saturated carbocycles. The fraction of sp³-hybridized carbons (Fsp3) is 0.875. The molecular formula is C24H36O4. The van der Waals surface area contributed by atoms with Gasteiger partial charge in [0.05, 0.1) is 7.11 Å². The zero-order valence-corrected chi connectivity index (χ0v) is 17.8. The van der Waals surface area contributed by atoms with Crippen molar-refractivity contribution in [3.8, 4) is 0 Å². The topological polar surface area (TPSA) is 60.4 Å². The van der Waals surface area contributed by atoms with Crippen LogP contribution in [0.4, 0.5) is 0 Å². The van der Waals surface area contributed by atoms with Gasteiger partial charge in [-0.15, -0.1) is 0 Å². The first kappa shape index (κ1) is 20.1. The van der Waals surface area contributed by atoms with E-state index in [1.807, 2.05) is 0 Å². The zero-order valence-electron chi connectivity index (χ0n) is 17.8. The number of esters is 1. The van der Waals surface area contributed by atoms with Gasteiger partial charge in [-0.25, -0.2) is 0 Å². The van der Waals surface area contributed by atoms with Crippen molar-refractivity contribution < 1.29 is 19.1 Å². The average Bonchev–Trinajstić information content (AvgIpc) is 2.99. The number of Topliss-reactive ketones (excluding diaryl/α,β-unsaturated/α-hetero) is 2. The van der Waals surface area contributed by atoms with Crippen LogP contribution in [0, 0.1) is 40.4 Å². The van der Waals surface area contributed by atoms with Crippen LogP contribution in [0.15, 0.2) is 0 Å². The van der Waals surface area contributed by atoms with Gasteiger partial charge in [-0.05, 0) is 79.4 Å². The van der Waals surface area contributed by atoms with E-state index in [2.05, 4.69) is 13.8 Å². The number of carbonyl (C=O) groups is 3. The largest absolute Gasteiger partial charge is 0.469 e. The molecule has 4 aliphatic rings. The number of ketones is 2. The molecule has 0 aromatic heterocycles. The first-order chi connectivity index (χ1) is 13.3. The number of methoxy groups -OCH3 is 1. The Bertz CT molecular complexity index is 670. The van der Waals surface area contributed by atoms with Crippen LogP contribution in [-0.4, -0.2) is 24.6 Å². The Balaban J connectivity index is 1.51. The van der Waals surface area contributed by atoms with Crippen molar-refractivity contribution in [3.63, 3.8) is 0 Å². The summed E-state index contributed by atoms with van der Waals surface area (Å²) in [6.45, 7) is 4.81. The van der Waals surface area contributed by atoms with Crippen molar-refractivity contribution in [1.82, 2.24) is 0 Å². The lowest BCUT2D eigenvalue weighted by Gasteiger charge is -2.59. The lowest BCUT2D eigenvalue weighted by Crippen LogP contribution is -2.56. The maximum atomic E-state index is 13.3. The van der Waals surface area contributed by atoms with Gasteiger partial charge < -0.3 is 4.74 Å².